The van der Waals surface area contributed by atoms with E-state index >= 15 is 0 Å². The monoisotopic (exact) mass is 228 g/mol. The Kier molecular flexibility index (Phi) is 3.47. The maximum atomic E-state index is 11.8. The van der Waals surface area contributed by atoms with E-state index in [-0.39, 0.29) is 17.6 Å². The number of hydrogen-bond acceptors (Lipinski definition) is 4. The zero-order chi connectivity index (χ0) is 11.6. The van der Waals surface area contributed by atoms with Crippen LogP contribution in [-0.2, 0) is 14.3 Å². The molecule has 0 saturated carbocycles. The van der Waals surface area contributed by atoms with Gasteiger partial charge < -0.3 is 20.1 Å². The fourth-order valence-electron chi connectivity index (χ4n) is 2.31. The maximum Gasteiger partial charge on any atom is 0.251 e. The molecule has 0 aromatic rings. The fraction of sp³-hybridized carbons (Fsp3) is 0.909. The van der Waals surface area contributed by atoms with Crippen molar-refractivity contribution < 1.29 is 14.3 Å². The van der Waals surface area contributed by atoms with E-state index in [0.717, 1.165) is 25.8 Å². The van der Waals surface area contributed by atoms with E-state index in [2.05, 4.69) is 0 Å². The van der Waals surface area contributed by atoms with Crippen molar-refractivity contribution in [3.05, 3.63) is 0 Å². The van der Waals surface area contributed by atoms with E-state index in [9.17, 15) is 4.79 Å². The van der Waals surface area contributed by atoms with Crippen molar-refractivity contribution >= 4 is 5.91 Å². The zero-order valence-electron chi connectivity index (χ0n) is 9.78. The highest BCUT2D eigenvalue weighted by Crippen LogP contribution is 2.28. The molecule has 92 valence electrons. The van der Waals surface area contributed by atoms with E-state index in [1.165, 1.54) is 0 Å². The van der Waals surface area contributed by atoms with E-state index in [1.54, 1.807) is 4.90 Å². The molecule has 0 aromatic carbocycles. The first-order valence-electron chi connectivity index (χ1n) is 5.87. The Morgan fingerprint density at radius 2 is 2.25 bits per heavy atom. The van der Waals surface area contributed by atoms with Crippen molar-refractivity contribution in [3.8, 4) is 0 Å². The van der Waals surface area contributed by atoms with E-state index in [1.807, 2.05) is 7.05 Å². The molecule has 5 nitrogen and oxygen atoms in total. The largest absolute Gasteiger partial charge is 0.381 e. The highest BCUT2D eigenvalue weighted by molar-refractivity contribution is 5.82. The highest BCUT2D eigenvalue weighted by atomic mass is 16.5. The molecule has 2 fully saturated rings. The average molecular weight is 228 g/mol. The first kappa shape index (κ1) is 11.8. The summed E-state index contributed by atoms with van der Waals surface area (Å²) in [7, 11) is 1.81. The van der Waals surface area contributed by atoms with Gasteiger partial charge in [0.15, 0.2) is 0 Å². The maximum absolute atomic E-state index is 11.8. The lowest BCUT2D eigenvalue weighted by Gasteiger charge is -2.37. The highest BCUT2D eigenvalue weighted by Gasteiger charge is 2.39. The van der Waals surface area contributed by atoms with Crippen LogP contribution in [0.15, 0.2) is 0 Å². The van der Waals surface area contributed by atoms with Crippen LogP contribution < -0.4 is 5.73 Å². The van der Waals surface area contributed by atoms with E-state index < -0.39 is 0 Å². The minimum Gasteiger partial charge on any atom is -0.381 e. The van der Waals surface area contributed by atoms with Crippen LogP contribution in [0.5, 0.6) is 0 Å². The summed E-state index contributed by atoms with van der Waals surface area (Å²) in [5, 5.41) is 0. The minimum atomic E-state index is -0.343. The Morgan fingerprint density at radius 1 is 1.56 bits per heavy atom. The van der Waals surface area contributed by atoms with Crippen molar-refractivity contribution in [1.82, 2.24) is 4.90 Å². The first-order valence-corrected chi connectivity index (χ1v) is 5.87. The third-order valence-corrected chi connectivity index (χ3v) is 3.55. The smallest absolute Gasteiger partial charge is 0.251 e. The zero-order valence-corrected chi connectivity index (χ0v) is 9.78. The molecule has 1 unspecified atom stereocenters. The summed E-state index contributed by atoms with van der Waals surface area (Å²) in [6.45, 7) is 2.59. The summed E-state index contributed by atoms with van der Waals surface area (Å²) in [6, 6.07) is 0. The number of carbonyl (C=O) groups is 1. The summed E-state index contributed by atoms with van der Waals surface area (Å²) in [5.74, 6) is 0.0827. The fourth-order valence-corrected chi connectivity index (χ4v) is 2.31. The average Bonchev–Trinajstić information content (AvgIpc) is 2.62. The van der Waals surface area contributed by atoms with Gasteiger partial charge in [0.1, 0.15) is 6.10 Å². The van der Waals surface area contributed by atoms with E-state index in [4.69, 9.17) is 15.2 Å². The molecular weight excluding hydrogens is 208 g/mol. The van der Waals surface area contributed by atoms with Crippen LogP contribution in [0.4, 0.5) is 0 Å². The molecule has 0 spiro atoms. The van der Waals surface area contributed by atoms with Gasteiger partial charge in [0, 0.05) is 52.6 Å². The van der Waals surface area contributed by atoms with Crippen LogP contribution in [0.3, 0.4) is 0 Å². The Morgan fingerprint density at radius 3 is 2.75 bits per heavy atom. The van der Waals surface area contributed by atoms with Crippen molar-refractivity contribution in [1.29, 1.82) is 0 Å². The van der Waals surface area contributed by atoms with Crippen LogP contribution in [0, 0.1) is 0 Å². The number of rotatable bonds is 3. The molecular formula is C11H20N2O3. The molecule has 2 rings (SSSR count). The van der Waals surface area contributed by atoms with Crippen molar-refractivity contribution in [2.75, 3.05) is 33.4 Å². The van der Waals surface area contributed by atoms with Gasteiger partial charge in [-0.15, -0.1) is 0 Å². The van der Waals surface area contributed by atoms with Gasteiger partial charge in [-0.25, -0.2) is 0 Å². The molecule has 2 N–H and O–H groups in total. The molecule has 1 amide bonds. The van der Waals surface area contributed by atoms with Crippen LogP contribution >= 0.6 is 0 Å². The summed E-state index contributed by atoms with van der Waals surface area (Å²) in [4.78, 5) is 13.5. The second kappa shape index (κ2) is 4.69. The third kappa shape index (κ3) is 2.21. The summed E-state index contributed by atoms with van der Waals surface area (Å²) >= 11 is 0. The minimum absolute atomic E-state index is 0.0827. The van der Waals surface area contributed by atoms with Crippen LogP contribution in [-0.4, -0.2) is 55.9 Å². The van der Waals surface area contributed by atoms with Gasteiger partial charge in [-0.3, -0.25) is 4.79 Å². The topological polar surface area (TPSA) is 64.8 Å². The van der Waals surface area contributed by atoms with Gasteiger partial charge in [0.25, 0.3) is 5.91 Å². The molecule has 2 heterocycles. The Balaban J connectivity index is 1.98. The summed E-state index contributed by atoms with van der Waals surface area (Å²) in [6.07, 6.45) is 2.05. The number of nitrogens with zero attached hydrogens (tertiary/aromatic N) is 1. The van der Waals surface area contributed by atoms with Crippen LogP contribution in [0.2, 0.25) is 0 Å². The lowest BCUT2D eigenvalue weighted by Crippen LogP contribution is -2.49. The van der Waals surface area contributed by atoms with Gasteiger partial charge in [-0.05, 0) is 0 Å². The molecule has 0 aromatic heterocycles. The van der Waals surface area contributed by atoms with Crippen molar-refractivity contribution in [2.24, 2.45) is 5.73 Å². The number of nitrogens with two attached hydrogens (primary N) is 1. The van der Waals surface area contributed by atoms with Crippen molar-refractivity contribution in [2.45, 2.75) is 31.0 Å². The number of amides is 1. The number of carbonyl (C=O) groups excluding carboxylic acids is 1. The molecule has 0 bridgehead atoms. The third-order valence-electron chi connectivity index (χ3n) is 3.55. The predicted molar refractivity (Wildman–Crippen MR) is 59.0 cm³/mol. The Bertz CT molecular complexity index is 264. The van der Waals surface area contributed by atoms with Gasteiger partial charge in [0.05, 0.1) is 5.60 Å². The quantitative estimate of drug-likeness (QED) is 0.723. The predicted octanol–water partition coefficient (Wildman–Crippen LogP) is -0.258. The first-order chi connectivity index (χ1) is 7.67. The van der Waals surface area contributed by atoms with Gasteiger partial charge in [-0.2, -0.15) is 0 Å². The van der Waals surface area contributed by atoms with Crippen molar-refractivity contribution in [3.63, 3.8) is 0 Å². The molecule has 2 aliphatic rings. The number of hydrogen-bond donors (Lipinski definition) is 1. The second-order valence-electron chi connectivity index (χ2n) is 4.65. The molecule has 1 atom stereocenters. The van der Waals surface area contributed by atoms with Crippen LogP contribution in [0.25, 0.3) is 0 Å². The summed E-state index contributed by atoms with van der Waals surface area (Å²) in [5.41, 5.74) is 5.45. The second-order valence-corrected chi connectivity index (χ2v) is 4.65. The molecule has 16 heavy (non-hydrogen) atoms. The normalized spacial score (nSPS) is 29.8. The molecule has 0 aliphatic carbocycles. The number of likely N-dealkylation sites (tertiary alicyclic amines) is 1. The van der Waals surface area contributed by atoms with Crippen LogP contribution in [0.1, 0.15) is 19.3 Å². The van der Waals surface area contributed by atoms with Gasteiger partial charge in [-0.1, -0.05) is 0 Å². The standard InChI is InChI=1S/C11H20N2O3/c1-13-5-2-9(10(13)14)16-11(8-12)3-6-15-7-4-11/h9H,2-8,12H2,1H3. The summed E-state index contributed by atoms with van der Waals surface area (Å²) < 4.78 is 11.3. The lowest BCUT2D eigenvalue weighted by atomic mass is 9.94. The number of ether oxygens (including phenoxy) is 2. The molecule has 2 saturated heterocycles. The molecule has 0 radical (unpaired) electrons. The Labute approximate surface area is 95.9 Å². The van der Waals surface area contributed by atoms with Gasteiger partial charge >= 0.3 is 0 Å². The Hall–Kier alpha value is -0.650. The number of likely N-dealkylation sites (N-methyl/N-ethyl adjacent to an activating group) is 1. The van der Waals surface area contributed by atoms with Gasteiger partial charge in [0.2, 0.25) is 0 Å². The lowest BCUT2D eigenvalue weighted by molar-refractivity contribution is -0.160. The molecule has 2 aliphatic heterocycles. The molecule has 5 heteroatoms. The van der Waals surface area contributed by atoms with E-state index in [0.29, 0.717) is 19.8 Å². The SMILES string of the molecule is CN1CCC(OC2(CN)CCOCC2)C1=O.